The first kappa shape index (κ1) is 21.6. The zero-order valence-electron chi connectivity index (χ0n) is 17.0. The number of hydrogen-bond acceptors (Lipinski definition) is 5. The topological polar surface area (TPSA) is 99.3 Å². The van der Waals surface area contributed by atoms with E-state index in [0.717, 1.165) is 16.8 Å². The first-order valence-electron chi connectivity index (χ1n) is 9.35. The van der Waals surface area contributed by atoms with E-state index in [1.807, 2.05) is 50.8 Å². The summed E-state index contributed by atoms with van der Waals surface area (Å²) in [5, 5.41) is 23.5. The molecule has 0 aliphatic heterocycles. The predicted octanol–water partition coefficient (Wildman–Crippen LogP) is 4.60. The second-order valence-corrected chi connectivity index (χ2v) is 6.54. The maximum atomic E-state index is 12.7. The van der Waals surface area contributed by atoms with Crippen molar-refractivity contribution in [1.29, 1.82) is 5.26 Å². The summed E-state index contributed by atoms with van der Waals surface area (Å²) >= 11 is 0. The summed E-state index contributed by atoms with van der Waals surface area (Å²) in [7, 11) is 0. The summed E-state index contributed by atoms with van der Waals surface area (Å²) in [6, 6.07) is 11.9. The van der Waals surface area contributed by atoms with E-state index in [4.69, 9.17) is 0 Å². The maximum Gasteiger partial charge on any atom is 0.270 e. The average Bonchev–Trinajstić information content (AvgIpc) is 2.71. The Balaban J connectivity index is 2.49. The van der Waals surface area contributed by atoms with Crippen molar-refractivity contribution < 1.29 is 9.72 Å². The van der Waals surface area contributed by atoms with Crippen LogP contribution in [0.15, 0.2) is 42.0 Å². The Morgan fingerprint density at radius 3 is 2.52 bits per heavy atom. The Bertz CT molecular complexity index is 1000. The Morgan fingerprint density at radius 1 is 1.24 bits per heavy atom. The van der Waals surface area contributed by atoms with Crippen molar-refractivity contribution >= 4 is 29.0 Å². The average molecular weight is 392 g/mol. The lowest BCUT2D eigenvalue weighted by Crippen LogP contribution is -2.23. The van der Waals surface area contributed by atoms with Gasteiger partial charge in [-0.2, -0.15) is 5.26 Å². The fourth-order valence-corrected chi connectivity index (χ4v) is 3.00. The molecule has 0 aromatic heterocycles. The number of carbonyl (C=O) groups excluding carboxylic acids is 1. The van der Waals surface area contributed by atoms with Gasteiger partial charge >= 0.3 is 0 Å². The van der Waals surface area contributed by atoms with Gasteiger partial charge in [-0.25, -0.2) is 0 Å². The van der Waals surface area contributed by atoms with E-state index in [0.29, 0.717) is 24.3 Å². The molecule has 2 aromatic carbocycles. The zero-order chi connectivity index (χ0) is 21.6. The summed E-state index contributed by atoms with van der Waals surface area (Å²) in [6.07, 6.45) is 1.40. The highest BCUT2D eigenvalue weighted by Gasteiger charge is 2.17. The van der Waals surface area contributed by atoms with Gasteiger partial charge in [-0.05, 0) is 57.0 Å². The molecule has 7 heteroatoms. The van der Waals surface area contributed by atoms with E-state index in [2.05, 4.69) is 5.32 Å². The van der Waals surface area contributed by atoms with E-state index < -0.39 is 10.8 Å². The zero-order valence-corrected chi connectivity index (χ0v) is 17.0. The van der Waals surface area contributed by atoms with Crippen LogP contribution in [0.25, 0.3) is 6.08 Å². The summed E-state index contributed by atoms with van der Waals surface area (Å²) in [4.78, 5) is 25.4. The number of rotatable bonds is 7. The van der Waals surface area contributed by atoms with E-state index in [-0.39, 0.29) is 11.3 Å². The lowest BCUT2D eigenvalue weighted by molar-refractivity contribution is -0.384. The van der Waals surface area contributed by atoms with Gasteiger partial charge in [0.05, 0.1) is 4.92 Å². The molecule has 29 heavy (non-hydrogen) atoms. The van der Waals surface area contributed by atoms with E-state index in [9.17, 15) is 20.2 Å². The number of amides is 1. The lowest BCUT2D eigenvalue weighted by Gasteiger charge is -2.23. The third-order valence-electron chi connectivity index (χ3n) is 4.84. The minimum Gasteiger partial charge on any atom is -0.372 e. The number of nitrogens with one attached hydrogen (secondary N) is 1. The molecule has 0 aliphatic rings. The van der Waals surface area contributed by atoms with Crippen LogP contribution in [0.5, 0.6) is 0 Å². The number of nitro benzene ring substituents is 1. The molecular weight excluding hydrogens is 368 g/mol. The number of nitriles is 1. The van der Waals surface area contributed by atoms with Gasteiger partial charge in [0.15, 0.2) is 0 Å². The van der Waals surface area contributed by atoms with Crippen molar-refractivity contribution in [3.8, 4) is 6.07 Å². The van der Waals surface area contributed by atoms with E-state index in [1.165, 1.54) is 18.2 Å². The van der Waals surface area contributed by atoms with Gasteiger partial charge < -0.3 is 10.2 Å². The molecular formula is C22H24N4O3. The van der Waals surface area contributed by atoms with Gasteiger partial charge in [0, 0.05) is 42.2 Å². The monoisotopic (exact) mass is 392 g/mol. The number of hydrogen-bond donors (Lipinski definition) is 1. The SMILES string of the molecule is CCN(CC)c1ccc([N+](=O)[O-])cc1/C=C(\C#N)C(=O)Nc1cccc(C)c1C. The molecule has 1 amide bonds. The Hall–Kier alpha value is -3.66. The molecule has 0 unspecified atom stereocenters. The second-order valence-electron chi connectivity index (χ2n) is 6.54. The molecule has 0 fully saturated rings. The number of non-ortho nitro benzene ring substituents is 1. The molecule has 0 bridgehead atoms. The van der Waals surface area contributed by atoms with Gasteiger partial charge in [0.25, 0.3) is 11.6 Å². The highest BCUT2D eigenvalue weighted by molar-refractivity contribution is 6.10. The summed E-state index contributed by atoms with van der Waals surface area (Å²) in [5.74, 6) is -0.557. The van der Waals surface area contributed by atoms with Gasteiger partial charge in [0.1, 0.15) is 11.6 Å². The minimum atomic E-state index is -0.557. The predicted molar refractivity (Wildman–Crippen MR) is 115 cm³/mol. The van der Waals surface area contributed by atoms with Crippen molar-refractivity contribution in [2.45, 2.75) is 27.7 Å². The van der Waals surface area contributed by atoms with Crippen LogP contribution >= 0.6 is 0 Å². The highest BCUT2D eigenvalue weighted by Crippen LogP contribution is 2.28. The van der Waals surface area contributed by atoms with Crippen molar-refractivity contribution in [2.75, 3.05) is 23.3 Å². The molecule has 150 valence electrons. The number of benzene rings is 2. The summed E-state index contributed by atoms with van der Waals surface area (Å²) in [5.41, 5.74) is 3.52. The molecule has 0 heterocycles. The quantitative estimate of drug-likeness (QED) is 0.321. The number of nitro groups is 1. The van der Waals surface area contributed by atoms with Crippen molar-refractivity contribution in [3.05, 3.63) is 68.8 Å². The first-order valence-corrected chi connectivity index (χ1v) is 9.35. The second kappa shape index (κ2) is 9.51. The molecule has 2 rings (SSSR count). The normalized spacial score (nSPS) is 10.9. The lowest BCUT2D eigenvalue weighted by atomic mass is 10.1. The van der Waals surface area contributed by atoms with Crippen LogP contribution in [0.4, 0.5) is 17.1 Å². The molecule has 0 spiro atoms. The van der Waals surface area contributed by atoms with Crippen LogP contribution in [0.2, 0.25) is 0 Å². The summed E-state index contributed by atoms with van der Waals surface area (Å²) < 4.78 is 0. The summed E-state index contributed by atoms with van der Waals surface area (Å²) in [6.45, 7) is 9.14. The van der Waals surface area contributed by atoms with E-state index in [1.54, 1.807) is 12.1 Å². The van der Waals surface area contributed by atoms with Crippen LogP contribution in [-0.4, -0.2) is 23.9 Å². The van der Waals surface area contributed by atoms with Gasteiger partial charge in [-0.15, -0.1) is 0 Å². The van der Waals surface area contributed by atoms with Crippen LogP contribution in [0, 0.1) is 35.3 Å². The molecule has 7 nitrogen and oxygen atoms in total. The fourth-order valence-electron chi connectivity index (χ4n) is 3.00. The van der Waals surface area contributed by atoms with Crippen molar-refractivity contribution in [1.82, 2.24) is 0 Å². The Morgan fingerprint density at radius 2 is 1.93 bits per heavy atom. The molecule has 0 saturated carbocycles. The fraction of sp³-hybridized carbons (Fsp3) is 0.273. The van der Waals surface area contributed by atoms with Gasteiger partial charge in [0.2, 0.25) is 0 Å². The number of nitrogens with zero attached hydrogens (tertiary/aromatic N) is 3. The molecule has 0 aliphatic carbocycles. The third-order valence-corrected chi connectivity index (χ3v) is 4.84. The number of aryl methyl sites for hydroxylation is 1. The molecule has 0 atom stereocenters. The molecule has 0 radical (unpaired) electrons. The van der Waals surface area contributed by atoms with E-state index >= 15 is 0 Å². The van der Waals surface area contributed by atoms with Crippen LogP contribution in [-0.2, 0) is 4.79 Å². The van der Waals surface area contributed by atoms with Crippen LogP contribution in [0.3, 0.4) is 0 Å². The smallest absolute Gasteiger partial charge is 0.270 e. The van der Waals surface area contributed by atoms with Crippen LogP contribution < -0.4 is 10.2 Å². The Labute approximate surface area is 170 Å². The number of carbonyl (C=O) groups is 1. The van der Waals surface area contributed by atoms with Crippen molar-refractivity contribution in [3.63, 3.8) is 0 Å². The largest absolute Gasteiger partial charge is 0.372 e. The highest BCUT2D eigenvalue weighted by atomic mass is 16.6. The first-order chi connectivity index (χ1) is 13.8. The number of anilines is 2. The van der Waals surface area contributed by atoms with Crippen LogP contribution in [0.1, 0.15) is 30.5 Å². The Kier molecular flexibility index (Phi) is 7.10. The third kappa shape index (κ3) is 4.99. The molecule has 1 N–H and O–H groups in total. The van der Waals surface area contributed by atoms with Crippen molar-refractivity contribution in [2.24, 2.45) is 0 Å². The minimum absolute atomic E-state index is 0.0978. The van der Waals surface area contributed by atoms with Gasteiger partial charge in [-0.3, -0.25) is 14.9 Å². The molecule has 2 aromatic rings. The molecule has 0 saturated heterocycles. The van der Waals surface area contributed by atoms with Gasteiger partial charge in [-0.1, -0.05) is 12.1 Å². The standard InChI is InChI=1S/C22H24N4O3/c1-5-25(6-2)21-11-10-19(26(28)29)13-17(21)12-18(14-23)22(27)24-20-9-7-8-15(3)16(20)4/h7-13H,5-6H2,1-4H3,(H,24,27)/b18-12+. The maximum absolute atomic E-state index is 12.7.